The first-order chi connectivity index (χ1) is 8.63. The smallest absolute Gasteiger partial charge is 0.251 e. The van der Waals surface area contributed by atoms with E-state index in [1.54, 1.807) is 19.2 Å². The molecule has 1 heterocycles. The zero-order valence-electron chi connectivity index (χ0n) is 10.8. The van der Waals surface area contributed by atoms with Crippen molar-refractivity contribution in [1.29, 1.82) is 0 Å². The fourth-order valence-corrected chi connectivity index (χ4v) is 3.43. The molecule has 0 aromatic heterocycles. The van der Waals surface area contributed by atoms with Crippen LogP contribution in [0.25, 0.3) is 0 Å². The molecule has 18 heavy (non-hydrogen) atoms. The summed E-state index contributed by atoms with van der Waals surface area (Å²) in [5, 5.41) is 2.63. The van der Waals surface area contributed by atoms with E-state index in [-0.39, 0.29) is 5.91 Å². The lowest BCUT2D eigenvalue weighted by atomic mass is 10.1. The quantitative estimate of drug-likeness (QED) is 0.815. The highest BCUT2D eigenvalue weighted by molar-refractivity contribution is 7.99. The topological polar surface area (TPSA) is 58.4 Å². The van der Waals surface area contributed by atoms with Crippen molar-refractivity contribution in [3.63, 3.8) is 0 Å². The van der Waals surface area contributed by atoms with Gasteiger partial charge in [-0.3, -0.25) is 4.79 Å². The molecule has 1 aromatic carbocycles. The van der Waals surface area contributed by atoms with E-state index < -0.39 is 0 Å². The average molecular weight is 265 g/mol. The predicted molar refractivity (Wildman–Crippen MR) is 78.4 cm³/mol. The van der Waals surface area contributed by atoms with Crippen molar-refractivity contribution < 1.29 is 4.79 Å². The fourth-order valence-electron chi connectivity index (χ4n) is 2.16. The van der Waals surface area contributed by atoms with Crippen molar-refractivity contribution in [2.45, 2.75) is 12.5 Å². The highest BCUT2D eigenvalue weighted by Crippen LogP contribution is 2.30. The van der Waals surface area contributed by atoms with Gasteiger partial charge in [0.15, 0.2) is 0 Å². The summed E-state index contributed by atoms with van der Waals surface area (Å²) in [4.78, 5) is 13.8. The molecule has 1 fully saturated rings. The van der Waals surface area contributed by atoms with Crippen LogP contribution in [0.2, 0.25) is 0 Å². The molecule has 2 rings (SSSR count). The third-order valence-corrected chi connectivity index (χ3v) is 4.50. The monoisotopic (exact) mass is 265 g/mol. The Morgan fingerprint density at radius 3 is 2.94 bits per heavy atom. The van der Waals surface area contributed by atoms with Crippen molar-refractivity contribution in [1.82, 2.24) is 5.32 Å². The number of hydrogen-bond acceptors (Lipinski definition) is 4. The SMILES string of the molecule is CNC(=O)c1ccc(N)c(N(C)C2CCSC2)c1. The lowest BCUT2D eigenvalue weighted by Gasteiger charge is -2.27. The molecule has 0 radical (unpaired) electrons. The van der Waals surface area contributed by atoms with E-state index in [1.807, 2.05) is 17.8 Å². The minimum atomic E-state index is -0.0783. The molecule has 0 spiro atoms. The Bertz CT molecular complexity index is 444. The molecule has 0 bridgehead atoms. The zero-order valence-corrected chi connectivity index (χ0v) is 11.6. The van der Waals surface area contributed by atoms with Gasteiger partial charge in [-0.2, -0.15) is 11.8 Å². The second-order valence-electron chi connectivity index (χ2n) is 4.48. The second-order valence-corrected chi connectivity index (χ2v) is 5.63. The molecule has 0 saturated carbocycles. The van der Waals surface area contributed by atoms with Crippen LogP contribution in [-0.2, 0) is 0 Å². The molecule has 1 saturated heterocycles. The molecule has 0 aliphatic carbocycles. The van der Waals surface area contributed by atoms with Crippen LogP contribution in [0.5, 0.6) is 0 Å². The van der Waals surface area contributed by atoms with Crippen LogP contribution in [0.3, 0.4) is 0 Å². The molecular weight excluding hydrogens is 246 g/mol. The number of nitrogens with zero attached hydrogens (tertiary/aromatic N) is 1. The molecule has 1 unspecified atom stereocenters. The summed E-state index contributed by atoms with van der Waals surface area (Å²) in [6.45, 7) is 0. The summed E-state index contributed by atoms with van der Waals surface area (Å²) in [7, 11) is 3.69. The summed E-state index contributed by atoms with van der Waals surface area (Å²) >= 11 is 1.96. The van der Waals surface area contributed by atoms with Crippen molar-refractivity contribution in [3.8, 4) is 0 Å². The molecule has 98 valence electrons. The number of nitrogens with one attached hydrogen (secondary N) is 1. The molecule has 1 aliphatic rings. The molecule has 3 N–H and O–H groups in total. The van der Waals surface area contributed by atoms with Crippen LogP contribution in [0.4, 0.5) is 11.4 Å². The largest absolute Gasteiger partial charge is 0.397 e. The van der Waals surface area contributed by atoms with Crippen LogP contribution >= 0.6 is 11.8 Å². The maximum absolute atomic E-state index is 11.6. The number of hydrogen-bond donors (Lipinski definition) is 2. The van der Waals surface area contributed by atoms with E-state index in [9.17, 15) is 4.79 Å². The number of rotatable bonds is 3. The Labute approximate surface area is 112 Å². The van der Waals surface area contributed by atoms with Crippen LogP contribution in [0.15, 0.2) is 18.2 Å². The normalized spacial score (nSPS) is 18.7. The van der Waals surface area contributed by atoms with Gasteiger partial charge in [-0.1, -0.05) is 0 Å². The maximum Gasteiger partial charge on any atom is 0.251 e. The minimum Gasteiger partial charge on any atom is -0.397 e. The molecule has 4 nitrogen and oxygen atoms in total. The van der Waals surface area contributed by atoms with E-state index in [0.29, 0.717) is 11.6 Å². The van der Waals surface area contributed by atoms with Gasteiger partial charge in [-0.15, -0.1) is 0 Å². The number of benzene rings is 1. The predicted octanol–water partition coefficient (Wildman–Crippen LogP) is 1.57. The van der Waals surface area contributed by atoms with Crippen molar-refractivity contribution in [2.75, 3.05) is 36.2 Å². The summed E-state index contributed by atoms with van der Waals surface area (Å²) in [6, 6.07) is 5.95. The molecular formula is C13H19N3OS. The van der Waals surface area contributed by atoms with Gasteiger partial charge in [0.1, 0.15) is 0 Å². The third-order valence-electron chi connectivity index (χ3n) is 3.35. The van der Waals surface area contributed by atoms with Gasteiger partial charge >= 0.3 is 0 Å². The Morgan fingerprint density at radius 2 is 2.33 bits per heavy atom. The van der Waals surface area contributed by atoms with Crippen LogP contribution in [0, 0.1) is 0 Å². The molecule has 1 aromatic rings. The summed E-state index contributed by atoms with van der Waals surface area (Å²) in [6.07, 6.45) is 1.17. The average Bonchev–Trinajstić information content (AvgIpc) is 2.91. The van der Waals surface area contributed by atoms with E-state index in [1.165, 1.54) is 12.2 Å². The number of carbonyl (C=O) groups is 1. The summed E-state index contributed by atoms with van der Waals surface area (Å²) in [5.41, 5.74) is 8.34. The number of nitrogens with two attached hydrogens (primary N) is 1. The van der Waals surface area contributed by atoms with Gasteiger partial charge in [0.25, 0.3) is 5.91 Å². The van der Waals surface area contributed by atoms with Crippen LogP contribution < -0.4 is 16.0 Å². The Hall–Kier alpha value is -1.36. The second kappa shape index (κ2) is 5.52. The molecule has 1 aliphatic heterocycles. The minimum absolute atomic E-state index is 0.0783. The lowest BCUT2D eigenvalue weighted by Crippen LogP contribution is -2.32. The first-order valence-corrected chi connectivity index (χ1v) is 7.21. The van der Waals surface area contributed by atoms with Gasteiger partial charge in [-0.05, 0) is 30.4 Å². The summed E-state index contributed by atoms with van der Waals surface area (Å²) in [5.74, 6) is 2.25. The van der Waals surface area contributed by atoms with Gasteiger partial charge in [0.05, 0.1) is 11.4 Å². The van der Waals surface area contributed by atoms with Gasteiger partial charge in [-0.25, -0.2) is 0 Å². The fraction of sp³-hybridized carbons (Fsp3) is 0.462. The standard InChI is InChI=1S/C13H19N3OS/c1-15-13(17)9-3-4-11(14)12(7-9)16(2)10-5-6-18-8-10/h3-4,7,10H,5-6,8,14H2,1-2H3,(H,15,17). The van der Waals surface area contributed by atoms with E-state index in [0.717, 1.165) is 17.1 Å². The first-order valence-electron chi connectivity index (χ1n) is 6.05. The van der Waals surface area contributed by atoms with Crippen molar-refractivity contribution in [3.05, 3.63) is 23.8 Å². The van der Waals surface area contributed by atoms with E-state index in [2.05, 4.69) is 17.3 Å². The number of carbonyl (C=O) groups excluding carboxylic acids is 1. The lowest BCUT2D eigenvalue weighted by molar-refractivity contribution is 0.0963. The summed E-state index contributed by atoms with van der Waals surface area (Å²) < 4.78 is 0. The highest BCUT2D eigenvalue weighted by atomic mass is 32.2. The van der Waals surface area contributed by atoms with Crippen LogP contribution in [-0.4, -0.2) is 37.6 Å². The first kappa shape index (κ1) is 13.1. The molecule has 1 amide bonds. The number of amides is 1. The Balaban J connectivity index is 2.27. The third kappa shape index (κ3) is 2.56. The highest BCUT2D eigenvalue weighted by Gasteiger charge is 2.22. The van der Waals surface area contributed by atoms with E-state index in [4.69, 9.17) is 5.73 Å². The van der Waals surface area contributed by atoms with Gasteiger partial charge < -0.3 is 16.0 Å². The maximum atomic E-state index is 11.6. The Kier molecular flexibility index (Phi) is 4.01. The van der Waals surface area contributed by atoms with Crippen molar-refractivity contribution in [2.24, 2.45) is 0 Å². The van der Waals surface area contributed by atoms with Crippen molar-refractivity contribution >= 4 is 29.0 Å². The Morgan fingerprint density at radius 1 is 1.56 bits per heavy atom. The zero-order chi connectivity index (χ0) is 13.1. The molecule has 1 atom stereocenters. The number of thioether (sulfide) groups is 1. The van der Waals surface area contributed by atoms with Gasteiger partial charge in [0.2, 0.25) is 0 Å². The van der Waals surface area contributed by atoms with Crippen LogP contribution in [0.1, 0.15) is 16.8 Å². The van der Waals surface area contributed by atoms with Gasteiger partial charge in [0, 0.05) is 31.5 Å². The number of nitrogen functional groups attached to an aromatic ring is 1. The van der Waals surface area contributed by atoms with E-state index >= 15 is 0 Å². The molecule has 5 heteroatoms. The number of anilines is 2.